The van der Waals surface area contributed by atoms with E-state index in [0.29, 0.717) is 5.56 Å². The third-order valence-corrected chi connectivity index (χ3v) is 3.29. The van der Waals surface area contributed by atoms with Gasteiger partial charge in [0.2, 0.25) is 9.84 Å². The fourth-order valence-corrected chi connectivity index (χ4v) is 2.30. The van der Waals surface area contributed by atoms with Crippen LogP contribution in [-0.2, 0) is 9.84 Å². The standard InChI is InChI=1S/C9H7NO3S/c11-8-2-1-7-6-10-3-4-14(12,13)9(7)5-8/h1-6,11H. The number of phenolic OH excluding ortho intramolecular Hbond substituents is 1. The lowest BCUT2D eigenvalue weighted by Crippen LogP contribution is -1.99. The van der Waals surface area contributed by atoms with Gasteiger partial charge in [-0.2, -0.15) is 0 Å². The van der Waals surface area contributed by atoms with Crippen LogP contribution in [0.3, 0.4) is 0 Å². The van der Waals surface area contributed by atoms with Crippen molar-refractivity contribution in [3.8, 4) is 5.75 Å². The molecule has 72 valence electrons. The summed E-state index contributed by atoms with van der Waals surface area (Å²) >= 11 is 0. The van der Waals surface area contributed by atoms with Crippen molar-refractivity contribution in [1.82, 2.24) is 0 Å². The highest BCUT2D eigenvalue weighted by Crippen LogP contribution is 2.23. The molecule has 1 heterocycles. The van der Waals surface area contributed by atoms with Gasteiger partial charge in [0.15, 0.2) is 0 Å². The Bertz CT molecular complexity index is 529. The van der Waals surface area contributed by atoms with E-state index in [9.17, 15) is 13.5 Å². The van der Waals surface area contributed by atoms with E-state index in [4.69, 9.17) is 0 Å². The van der Waals surface area contributed by atoms with Gasteiger partial charge in [0, 0.05) is 18.0 Å². The number of sulfone groups is 1. The number of nitrogens with zero attached hydrogens (tertiary/aromatic N) is 1. The Morgan fingerprint density at radius 1 is 1.29 bits per heavy atom. The second kappa shape index (κ2) is 2.95. The maximum atomic E-state index is 11.6. The molecule has 2 rings (SSSR count). The minimum Gasteiger partial charge on any atom is -0.508 e. The second-order valence-electron chi connectivity index (χ2n) is 2.83. The molecule has 1 aliphatic rings. The number of benzene rings is 1. The van der Waals surface area contributed by atoms with Crippen LogP contribution < -0.4 is 0 Å². The van der Waals surface area contributed by atoms with Crippen molar-refractivity contribution in [2.24, 2.45) is 4.99 Å². The summed E-state index contributed by atoms with van der Waals surface area (Å²) in [4.78, 5) is 3.85. The van der Waals surface area contributed by atoms with Crippen LogP contribution in [0.25, 0.3) is 0 Å². The van der Waals surface area contributed by atoms with Crippen LogP contribution in [0.5, 0.6) is 5.75 Å². The normalized spacial score (nSPS) is 17.4. The Labute approximate surface area is 81.1 Å². The lowest BCUT2D eigenvalue weighted by atomic mass is 10.2. The fourth-order valence-electron chi connectivity index (χ4n) is 1.19. The van der Waals surface area contributed by atoms with E-state index in [2.05, 4.69) is 4.99 Å². The van der Waals surface area contributed by atoms with Crippen molar-refractivity contribution < 1.29 is 13.5 Å². The van der Waals surface area contributed by atoms with Gasteiger partial charge >= 0.3 is 0 Å². The molecule has 0 amide bonds. The zero-order chi connectivity index (χ0) is 10.2. The van der Waals surface area contributed by atoms with Crippen molar-refractivity contribution in [1.29, 1.82) is 0 Å². The predicted molar refractivity (Wildman–Crippen MR) is 52.0 cm³/mol. The monoisotopic (exact) mass is 209 g/mol. The Balaban J connectivity index is 2.80. The molecule has 1 N–H and O–H groups in total. The molecule has 1 aromatic carbocycles. The van der Waals surface area contributed by atoms with Crippen LogP contribution >= 0.6 is 0 Å². The van der Waals surface area contributed by atoms with E-state index in [1.807, 2.05) is 0 Å². The Morgan fingerprint density at radius 2 is 2.07 bits per heavy atom. The SMILES string of the molecule is O=S1(=O)C=CN=Cc2ccc(O)cc21. The van der Waals surface area contributed by atoms with E-state index >= 15 is 0 Å². The van der Waals surface area contributed by atoms with Gasteiger partial charge < -0.3 is 5.11 Å². The third-order valence-electron chi connectivity index (χ3n) is 1.84. The van der Waals surface area contributed by atoms with Crippen molar-refractivity contribution >= 4 is 16.1 Å². The molecule has 0 bridgehead atoms. The molecular weight excluding hydrogens is 202 g/mol. The quantitative estimate of drug-likeness (QED) is 0.695. The van der Waals surface area contributed by atoms with Gasteiger partial charge in [-0.1, -0.05) is 0 Å². The fraction of sp³-hybridized carbons (Fsp3) is 0. The molecule has 0 saturated heterocycles. The highest BCUT2D eigenvalue weighted by molar-refractivity contribution is 7.94. The van der Waals surface area contributed by atoms with E-state index in [1.165, 1.54) is 30.6 Å². The number of aliphatic imine (C=N–C) groups is 1. The van der Waals surface area contributed by atoms with E-state index < -0.39 is 9.84 Å². The number of fused-ring (bicyclic) bond motifs is 1. The van der Waals surface area contributed by atoms with Crippen LogP contribution in [0.4, 0.5) is 0 Å². The highest BCUT2D eigenvalue weighted by atomic mass is 32.2. The van der Waals surface area contributed by atoms with Crippen LogP contribution in [0.15, 0.2) is 39.7 Å². The molecule has 0 fully saturated rings. The molecule has 0 unspecified atom stereocenters. The van der Waals surface area contributed by atoms with Gasteiger partial charge in [0.25, 0.3) is 0 Å². The van der Waals surface area contributed by atoms with Gasteiger partial charge in [-0.3, -0.25) is 4.99 Å². The average Bonchev–Trinajstić information content (AvgIpc) is 2.26. The summed E-state index contributed by atoms with van der Waals surface area (Å²) in [5.41, 5.74) is 0.479. The van der Waals surface area contributed by atoms with Crippen LogP contribution in [0, 0.1) is 0 Å². The van der Waals surface area contributed by atoms with Crippen LogP contribution in [-0.4, -0.2) is 19.7 Å². The molecule has 0 aromatic heterocycles. The summed E-state index contributed by atoms with van der Waals surface area (Å²) in [6, 6.07) is 4.15. The molecule has 0 aliphatic carbocycles. The van der Waals surface area contributed by atoms with Gasteiger partial charge in [0.1, 0.15) is 5.75 Å². The first-order chi connectivity index (χ1) is 6.59. The Hall–Kier alpha value is -1.62. The molecule has 0 radical (unpaired) electrons. The molecule has 0 atom stereocenters. The number of aromatic hydroxyl groups is 1. The zero-order valence-corrected chi connectivity index (χ0v) is 7.90. The van der Waals surface area contributed by atoms with Crippen molar-refractivity contribution in [2.75, 3.05) is 0 Å². The lowest BCUT2D eigenvalue weighted by Gasteiger charge is -2.02. The Morgan fingerprint density at radius 3 is 2.86 bits per heavy atom. The minimum absolute atomic E-state index is 0.0731. The van der Waals surface area contributed by atoms with Crippen LogP contribution in [0.1, 0.15) is 5.56 Å². The summed E-state index contributed by atoms with van der Waals surface area (Å²) in [5, 5.41) is 10.2. The summed E-state index contributed by atoms with van der Waals surface area (Å²) in [6.07, 6.45) is 2.65. The summed E-state index contributed by atoms with van der Waals surface area (Å²) < 4.78 is 23.1. The van der Waals surface area contributed by atoms with Crippen LogP contribution in [0.2, 0.25) is 0 Å². The maximum Gasteiger partial charge on any atom is 0.202 e. The predicted octanol–water partition coefficient (Wildman–Crippen LogP) is 1.07. The number of hydrogen-bond acceptors (Lipinski definition) is 4. The second-order valence-corrected chi connectivity index (χ2v) is 4.63. The van der Waals surface area contributed by atoms with Crippen molar-refractivity contribution in [2.45, 2.75) is 4.90 Å². The number of hydrogen-bond donors (Lipinski definition) is 1. The molecule has 1 aromatic rings. The summed E-state index contributed by atoms with van der Waals surface area (Å²) in [5.74, 6) is -0.0731. The van der Waals surface area contributed by atoms with E-state index in [0.717, 1.165) is 5.41 Å². The minimum atomic E-state index is -3.47. The molecule has 1 aliphatic heterocycles. The molecular formula is C9H7NO3S. The van der Waals surface area contributed by atoms with Gasteiger partial charge in [-0.25, -0.2) is 8.42 Å². The van der Waals surface area contributed by atoms with E-state index in [-0.39, 0.29) is 10.6 Å². The maximum absolute atomic E-state index is 11.6. The zero-order valence-electron chi connectivity index (χ0n) is 7.08. The lowest BCUT2D eigenvalue weighted by molar-refractivity contribution is 0.473. The first-order valence-electron chi connectivity index (χ1n) is 3.87. The van der Waals surface area contributed by atoms with Gasteiger partial charge in [-0.15, -0.1) is 0 Å². The van der Waals surface area contributed by atoms with Gasteiger partial charge in [-0.05, 0) is 18.2 Å². The first-order valence-corrected chi connectivity index (χ1v) is 5.42. The summed E-state index contributed by atoms with van der Waals surface area (Å²) in [7, 11) is -3.47. The molecule has 0 spiro atoms. The smallest absolute Gasteiger partial charge is 0.202 e. The molecule has 5 heteroatoms. The third kappa shape index (κ3) is 1.42. The molecule has 4 nitrogen and oxygen atoms in total. The topological polar surface area (TPSA) is 66.7 Å². The van der Waals surface area contributed by atoms with Gasteiger partial charge in [0.05, 0.1) is 10.3 Å². The largest absolute Gasteiger partial charge is 0.508 e. The molecule has 14 heavy (non-hydrogen) atoms. The Kier molecular flexibility index (Phi) is 1.89. The number of phenols is 1. The highest BCUT2D eigenvalue weighted by Gasteiger charge is 2.16. The molecule has 0 saturated carbocycles. The first kappa shape index (κ1) is 8.96. The van der Waals surface area contributed by atoms with Crippen molar-refractivity contribution in [3.63, 3.8) is 0 Å². The summed E-state index contributed by atoms with van der Waals surface area (Å²) in [6.45, 7) is 0. The average molecular weight is 209 g/mol. The van der Waals surface area contributed by atoms with Crippen molar-refractivity contribution in [3.05, 3.63) is 35.4 Å². The number of rotatable bonds is 0. The van der Waals surface area contributed by atoms with E-state index in [1.54, 1.807) is 0 Å².